The Morgan fingerprint density at radius 3 is 1.30 bits per heavy atom. The first-order chi connectivity index (χ1) is 8.47. The van der Waals surface area contributed by atoms with Gasteiger partial charge < -0.3 is 0 Å². The molecule has 0 aliphatic rings. The average Bonchev–Trinajstić information content (AvgIpc) is 2.11. The molecule has 0 saturated heterocycles. The van der Waals surface area contributed by atoms with Gasteiger partial charge in [0.05, 0.1) is 12.8 Å². The van der Waals surface area contributed by atoms with Crippen molar-refractivity contribution in [1.82, 2.24) is 0 Å². The Morgan fingerprint density at radius 2 is 1.00 bits per heavy atom. The van der Waals surface area contributed by atoms with Crippen LogP contribution in [0.15, 0.2) is 0 Å². The smallest absolute Gasteiger partial charge is 0.207 e. The Kier molecular flexibility index (Phi) is 5.01. The van der Waals surface area contributed by atoms with Crippen LogP contribution in [0, 0.1) is 0 Å². The molecule has 0 aromatic rings. The molecule has 0 amide bonds. The van der Waals surface area contributed by atoms with Crippen LogP contribution >= 0.6 is 0 Å². The van der Waals surface area contributed by atoms with Gasteiger partial charge in [-0.25, -0.2) is 17.6 Å². The van der Waals surface area contributed by atoms with E-state index < -0.39 is 49.1 Å². The van der Waals surface area contributed by atoms with E-state index in [4.69, 9.17) is 0 Å². The molecule has 0 bridgehead atoms. The van der Waals surface area contributed by atoms with Gasteiger partial charge in [-0.1, -0.05) is 6.92 Å². The molecule has 0 heterocycles. The molecule has 0 aliphatic carbocycles. The second kappa shape index (κ2) is 5.21. The van der Waals surface area contributed by atoms with Crippen LogP contribution in [-0.4, -0.2) is 29.9 Å². The Labute approximate surface area is 105 Å². The molecule has 122 valence electrons. The van der Waals surface area contributed by atoms with Crippen molar-refractivity contribution < 1.29 is 48.3 Å². The van der Waals surface area contributed by atoms with Crippen LogP contribution in [0.3, 0.4) is 0 Å². The molecule has 0 rings (SSSR count). The van der Waals surface area contributed by atoms with Crippen LogP contribution < -0.4 is 0 Å². The molecule has 0 N–H and O–H groups in total. The second-order valence-electron chi connectivity index (χ2n) is 4.20. The molecule has 20 heavy (non-hydrogen) atoms. The van der Waals surface area contributed by atoms with Crippen LogP contribution in [0.2, 0.25) is 0 Å². The van der Waals surface area contributed by atoms with Gasteiger partial charge in [-0.15, -0.1) is 0 Å². The van der Waals surface area contributed by atoms with E-state index in [2.05, 4.69) is 0 Å². The molecule has 0 saturated carbocycles. The highest BCUT2D eigenvalue weighted by Gasteiger charge is 2.74. The lowest BCUT2D eigenvalue weighted by molar-refractivity contribution is -0.363. The third-order valence-electron chi connectivity index (χ3n) is 2.33. The third-order valence-corrected chi connectivity index (χ3v) is 2.33. The molecule has 11 heteroatoms. The van der Waals surface area contributed by atoms with Crippen LogP contribution in [0.4, 0.5) is 48.3 Å². The fourth-order valence-electron chi connectivity index (χ4n) is 1.21. The molecule has 0 fully saturated rings. The molecule has 0 spiro atoms. The zero-order chi connectivity index (χ0) is 16.6. The van der Waals surface area contributed by atoms with Crippen molar-refractivity contribution in [3.05, 3.63) is 0 Å². The normalized spacial score (nSPS) is 15.6. The number of rotatable bonds is 6. The maximum Gasteiger partial charge on any atom is 0.459 e. The van der Waals surface area contributed by atoms with Gasteiger partial charge >= 0.3 is 18.0 Å². The summed E-state index contributed by atoms with van der Waals surface area (Å²) >= 11 is 0. The van der Waals surface area contributed by atoms with E-state index in [1.807, 2.05) is 0 Å². The molecular formula is C9H9F11. The lowest BCUT2D eigenvalue weighted by Gasteiger charge is -2.31. The minimum Gasteiger partial charge on any atom is -0.207 e. The molecule has 0 nitrogen and oxygen atoms in total. The highest BCUT2D eigenvalue weighted by Crippen LogP contribution is 2.51. The van der Waals surface area contributed by atoms with Crippen molar-refractivity contribution in [1.29, 1.82) is 0 Å². The van der Waals surface area contributed by atoms with Gasteiger partial charge in [-0.05, 0) is 0 Å². The Balaban J connectivity index is 5.19. The minimum absolute atomic E-state index is 0.721. The van der Waals surface area contributed by atoms with Crippen LogP contribution in [-0.2, 0) is 0 Å². The Morgan fingerprint density at radius 1 is 0.600 bits per heavy atom. The summed E-state index contributed by atoms with van der Waals surface area (Å²) in [7, 11) is 0. The molecular weight excluding hydrogens is 317 g/mol. The molecule has 0 unspecified atom stereocenters. The van der Waals surface area contributed by atoms with E-state index in [1.54, 1.807) is 0 Å². The van der Waals surface area contributed by atoms with Gasteiger partial charge in [-0.2, -0.15) is 30.7 Å². The zero-order valence-corrected chi connectivity index (χ0v) is 9.78. The standard InChI is InChI=1S/C9H9F11/c1-2-5(10,11)3-6(12,13)4-7(14,15)8(16,17)9(18,19)20/h2-4H2,1H3. The number of hydrogen-bond acceptors (Lipinski definition) is 0. The molecule has 0 radical (unpaired) electrons. The largest absolute Gasteiger partial charge is 0.459 e. The number of hydrogen-bond donors (Lipinski definition) is 0. The summed E-state index contributed by atoms with van der Waals surface area (Å²) in [5, 5.41) is 0. The fourth-order valence-corrected chi connectivity index (χ4v) is 1.21. The van der Waals surface area contributed by atoms with Crippen molar-refractivity contribution in [3.8, 4) is 0 Å². The first-order valence-electron chi connectivity index (χ1n) is 5.05. The zero-order valence-electron chi connectivity index (χ0n) is 9.78. The predicted octanol–water partition coefficient (Wildman–Crippen LogP) is 5.28. The van der Waals surface area contributed by atoms with E-state index in [1.165, 1.54) is 0 Å². The second-order valence-corrected chi connectivity index (χ2v) is 4.20. The summed E-state index contributed by atoms with van der Waals surface area (Å²) in [5.41, 5.74) is 0. The van der Waals surface area contributed by atoms with Gasteiger partial charge in [0, 0.05) is 6.42 Å². The molecule has 0 atom stereocenters. The third kappa shape index (κ3) is 4.37. The van der Waals surface area contributed by atoms with Gasteiger partial charge in [0.2, 0.25) is 0 Å². The molecule has 0 aromatic carbocycles. The summed E-state index contributed by atoms with van der Waals surface area (Å²) in [4.78, 5) is 0. The van der Waals surface area contributed by atoms with Crippen molar-refractivity contribution >= 4 is 0 Å². The summed E-state index contributed by atoms with van der Waals surface area (Å²) < 4.78 is 136. The van der Waals surface area contributed by atoms with Crippen molar-refractivity contribution in [2.45, 2.75) is 56.1 Å². The average molecular weight is 326 g/mol. The van der Waals surface area contributed by atoms with E-state index in [0.29, 0.717) is 0 Å². The lowest BCUT2D eigenvalue weighted by atomic mass is 9.98. The van der Waals surface area contributed by atoms with Gasteiger partial charge in [0.25, 0.3) is 11.8 Å². The fraction of sp³-hybridized carbons (Fsp3) is 1.00. The highest BCUT2D eigenvalue weighted by atomic mass is 19.4. The maximum absolute atomic E-state index is 12.9. The Hall–Kier alpha value is -0.770. The lowest BCUT2D eigenvalue weighted by Crippen LogP contribution is -2.54. The highest BCUT2D eigenvalue weighted by molar-refractivity contribution is 4.95. The molecule has 0 aliphatic heterocycles. The summed E-state index contributed by atoms with van der Waals surface area (Å²) in [6.07, 6.45) is -13.9. The quantitative estimate of drug-likeness (QED) is 0.583. The molecule has 0 aromatic heterocycles. The van der Waals surface area contributed by atoms with Gasteiger partial charge in [0.1, 0.15) is 0 Å². The predicted molar refractivity (Wildman–Crippen MR) is 45.4 cm³/mol. The SMILES string of the molecule is CCC(F)(F)CC(F)(F)CC(F)(F)C(F)(F)C(F)(F)F. The van der Waals surface area contributed by atoms with E-state index >= 15 is 0 Å². The summed E-state index contributed by atoms with van der Waals surface area (Å²) in [6.45, 7) is 0.721. The van der Waals surface area contributed by atoms with E-state index in [-0.39, 0.29) is 0 Å². The van der Waals surface area contributed by atoms with E-state index in [9.17, 15) is 48.3 Å². The number of halogens is 11. The van der Waals surface area contributed by atoms with Crippen molar-refractivity contribution in [3.63, 3.8) is 0 Å². The van der Waals surface area contributed by atoms with Crippen LogP contribution in [0.1, 0.15) is 26.2 Å². The van der Waals surface area contributed by atoms with Crippen molar-refractivity contribution in [2.75, 3.05) is 0 Å². The van der Waals surface area contributed by atoms with Gasteiger partial charge in [0.15, 0.2) is 0 Å². The minimum atomic E-state index is -6.78. The maximum atomic E-state index is 12.9. The summed E-state index contributed by atoms with van der Waals surface area (Å²) in [6, 6.07) is 0. The van der Waals surface area contributed by atoms with Crippen LogP contribution in [0.5, 0.6) is 0 Å². The van der Waals surface area contributed by atoms with Crippen molar-refractivity contribution in [2.24, 2.45) is 0 Å². The van der Waals surface area contributed by atoms with E-state index in [0.717, 1.165) is 6.92 Å². The van der Waals surface area contributed by atoms with Crippen LogP contribution in [0.25, 0.3) is 0 Å². The number of alkyl halides is 11. The monoisotopic (exact) mass is 326 g/mol. The Bertz CT molecular complexity index is 327. The summed E-state index contributed by atoms with van der Waals surface area (Å²) in [5.74, 6) is -22.2. The first kappa shape index (κ1) is 19.2. The first-order valence-corrected chi connectivity index (χ1v) is 5.05. The topological polar surface area (TPSA) is 0 Å². The van der Waals surface area contributed by atoms with Gasteiger partial charge in [-0.3, -0.25) is 0 Å².